The van der Waals surface area contributed by atoms with Gasteiger partial charge in [-0.2, -0.15) is 0 Å². The van der Waals surface area contributed by atoms with E-state index < -0.39 is 35.6 Å². The number of amides is 1. The Balaban J connectivity index is 1.95. The van der Waals surface area contributed by atoms with Crippen LogP contribution in [-0.2, 0) is 4.74 Å². The molecule has 0 aliphatic heterocycles. The van der Waals surface area contributed by atoms with Gasteiger partial charge in [0.05, 0.1) is 38.7 Å². The van der Waals surface area contributed by atoms with Gasteiger partial charge in [-0.05, 0) is 54.1 Å². The molecular formula is C23H16Cl4N2O6. The predicted octanol–water partition coefficient (Wildman–Crippen LogP) is 5.90. The fraction of sp³-hybridized carbons (Fsp3) is 0.130. The lowest BCUT2D eigenvalue weighted by Crippen LogP contribution is -2.43. The molecule has 2 N–H and O–H groups in total. The Morgan fingerprint density at radius 1 is 0.914 bits per heavy atom. The molecule has 12 heteroatoms. The Morgan fingerprint density at radius 2 is 1.46 bits per heavy atom. The van der Waals surface area contributed by atoms with Crippen molar-refractivity contribution in [1.82, 2.24) is 5.32 Å². The number of non-ortho nitro benzene ring substituents is 1. The summed E-state index contributed by atoms with van der Waals surface area (Å²) in [5.74, 6) is -1.54. The van der Waals surface area contributed by atoms with Crippen molar-refractivity contribution in [3.8, 4) is 0 Å². The number of benzene rings is 3. The molecule has 3 aromatic rings. The average Bonchev–Trinajstić information content (AvgIpc) is 2.81. The van der Waals surface area contributed by atoms with E-state index in [0.29, 0.717) is 10.0 Å². The molecule has 8 nitrogen and oxygen atoms in total. The maximum atomic E-state index is 12.9. The molecular weight excluding hydrogens is 542 g/mol. The second kappa shape index (κ2) is 11.7. The van der Waals surface area contributed by atoms with Gasteiger partial charge < -0.3 is 15.2 Å². The van der Waals surface area contributed by atoms with Crippen LogP contribution in [0.1, 0.15) is 32.4 Å². The van der Waals surface area contributed by atoms with Gasteiger partial charge in [0.1, 0.15) is 6.10 Å². The Hall–Kier alpha value is -2.88. The van der Waals surface area contributed by atoms with E-state index in [4.69, 9.17) is 51.1 Å². The summed E-state index contributed by atoms with van der Waals surface area (Å²) < 4.78 is 5.62. The number of nitrogens with one attached hydrogen (secondary N) is 1. The highest BCUT2D eigenvalue weighted by Gasteiger charge is 2.30. The third kappa shape index (κ3) is 6.62. The van der Waals surface area contributed by atoms with Crippen LogP contribution in [0.5, 0.6) is 0 Å². The van der Waals surface area contributed by atoms with Gasteiger partial charge in [0, 0.05) is 22.2 Å². The number of aliphatic hydroxyl groups excluding tert-OH is 1. The van der Waals surface area contributed by atoms with Gasteiger partial charge in [-0.25, -0.2) is 4.79 Å². The Bertz CT molecular complexity index is 1270. The van der Waals surface area contributed by atoms with Crippen molar-refractivity contribution in [1.29, 1.82) is 0 Å². The fourth-order valence-electron chi connectivity index (χ4n) is 3.14. The largest absolute Gasteiger partial charge is 0.452 e. The van der Waals surface area contributed by atoms with E-state index in [1.165, 1.54) is 60.7 Å². The quantitative estimate of drug-likeness (QED) is 0.202. The van der Waals surface area contributed by atoms with Gasteiger partial charge in [0.25, 0.3) is 11.6 Å². The van der Waals surface area contributed by atoms with Crippen LogP contribution in [-0.4, -0.2) is 34.6 Å². The van der Waals surface area contributed by atoms with Gasteiger partial charge in [-0.1, -0.05) is 46.4 Å². The first-order chi connectivity index (χ1) is 16.6. The molecule has 0 saturated carbocycles. The van der Waals surface area contributed by atoms with E-state index in [1.807, 2.05) is 0 Å². The van der Waals surface area contributed by atoms with Gasteiger partial charge in [-0.15, -0.1) is 0 Å². The van der Waals surface area contributed by atoms with Gasteiger partial charge in [-0.3, -0.25) is 14.9 Å². The third-order valence-corrected chi connectivity index (χ3v) is 5.97. The second-order valence-corrected chi connectivity index (χ2v) is 8.87. The number of halogens is 4. The summed E-state index contributed by atoms with van der Waals surface area (Å²) in [5.41, 5.74) is 0.142. The molecule has 0 fully saturated rings. The van der Waals surface area contributed by atoms with Crippen LogP contribution >= 0.6 is 46.4 Å². The molecule has 35 heavy (non-hydrogen) atoms. The number of rotatable bonds is 8. The van der Waals surface area contributed by atoms with Crippen LogP contribution in [0, 0.1) is 10.1 Å². The minimum atomic E-state index is -1.25. The molecule has 0 radical (unpaired) electrons. The maximum absolute atomic E-state index is 12.9. The van der Waals surface area contributed by atoms with E-state index in [1.54, 1.807) is 0 Å². The standard InChI is InChI=1S/C23H16Cl4N2O6/c24-13-3-7-16(18(26)9-13)22(31)28-20(11-30)21(12-1-5-15(6-2-12)29(33)34)35-23(32)17-8-4-14(25)10-19(17)27/h1-10,20-21,30H,11H2,(H,28,31)/t20-,21+/m1/s1. The molecule has 0 spiro atoms. The summed E-state index contributed by atoms with van der Waals surface area (Å²) >= 11 is 24.0. The molecule has 3 rings (SSSR count). The number of carbonyl (C=O) groups excluding carboxylic acids is 2. The number of hydrogen-bond acceptors (Lipinski definition) is 6. The number of hydrogen-bond donors (Lipinski definition) is 2. The Morgan fingerprint density at radius 3 is 1.94 bits per heavy atom. The molecule has 0 saturated heterocycles. The first-order valence-corrected chi connectivity index (χ1v) is 11.4. The van der Waals surface area contributed by atoms with E-state index in [-0.39, 0.29) is 32.4 Å². The zero-order chi connectivity index (χ0) is 25.7. The molecule has 3 aromatic carbocycles. The monoisotopic (exact) mass is 556 g/mol. The highest BCUT2D eigenvalue weighted by atomic mass is 35.5. The number of nitro benzene ring substituents is 1. The van der Waals surface area contributed by atoms with Crippen molar-refractivity contribution in [3.05, 3.63) is 108 Å². The maximum Gasteiger partial charge on any atom is 0.340 e. The van der Waals surface area contributed by atoms with E-state index in [9.17, 15) is 24.8 Å². The van der Waals surface area contributed by atoms with Crippen LogP contribution in [0.4, 0.5) is 5.69 Å². The molecule has 0 aromatic heterocycles. The van der Waals surface area contributed by atoms with Gasteiger partial charge in [0.2, 0.25) is 0 Å². The smallest absolute Gasteiger partial charge is 0.340 e. The van der Waals surface area contributed by atoms with Crippen LogP contribution in [0.25, 0.3) is 0 Å². The summed E-state index contributed by atoms with van der Waals surface area (Å²) in [5, 5.41) is 24.4. The lowest BCUT2D eigenvalue weighted by atomic mass is 10.0. The van der Waals surface area contributed by atoms with Crippen molar-refractivity contribution in [3.63, 3.8) is 0 Å². The summed E-state index contributed by atoms with van der Waals surface area (Å²) in [7, 11) is 0. The van der Waals surface area contributed by atoms with E-state index >= 15 is 0 Å². The summed E-state index contributed by atoms with van der Waals surface area (Å²) in [6.45, 7) is -0.653. The highest BCUT2D eigenvalue weighted by molar-refractivity contribution is 6.37. The van der Waals surface area contributed by atoms with Crippen LogP contribution < -0.4 is 5.32 Å². The predicted molar refractivity (Wildman–Crippen MR) is 133 cm³/mol. The van der Waals surface area contributed by atoms with E-state index in [0.717, 1.165) is 0 Å². The van der Waals surface area contributed by atoms with Crippen LogP contribution in [0.3, 0.4) is 0 Å². The van der Waals surface area contributed by atoms with Gasteiger partial charge in [0.15, 0.2) is 0 Å². The topological polar surface area (TPSA) is 119 Å². The average molecular weight is 558 g/mol. The third-order valence-electron chi connectivity index (χ3n) is 4.87. The number of carbonyl (C=O) groups is 2. The molecule has 0 aliphatic rings. The minimum Gasteiger partial charge on any atom is -0.452 e. The van der Waals surface area contributed by atoms with Crippen molar-refractivity contribution in [2.75, 3.05) is 6.61 Å². The number of nitro groups is 1. The summed E-state index contributed by atoms with van der Waals surface area (Å²) in [6, 6.07) is 12.4. The van der Waals surface area contributed by atoms with Gasteiger partial charge >= 0.3 is 5.97 Å². The van der Waals surface area contributed by atoms with Crippen molar-refractivity contribution in [2.24, 2.45) is 0 Å². The summed E-state index contributed by atoms with van der Waals surface area (Å²) in [6.07, 6.45) is -1.25. The zero-order valence-corrected chi connectivity index (χ0v) is 20.6. The van der Waals surface area contributed by atoms with Crippen molar-refractivity contribution in [2.45, 2.75) is 12.1 Å². The highest BCUT2D eigenvalue weighted by Crippen LogP contribution is 2.29. The number of nitrogens with zero attached hydrogens (tertiary/aromatic N) is 1. The van der Waals surface area contributed by atoms with Crippen molar-refractivity contribution >= 4 is 64.0 Å². The lowest BCUT2D eigenvalue weighted by molar-refractivity contribution is -0.384. The first-order valence-electron chi connectivity index (χ1n) is 9.88. The number of aliphatic hydroxyl groups is 1. The second-order valence-electron chi connectivity index (χ2n) is 7.19. The lowest BCUT2D eigenvalue weighted by Gasteiger charge is -2.27. The molecule has 0 aliphatic carbocycles. The van der Waals surface area contributed by atoms with Crippen molar-refractivity contribution < 1.29 is 24.4 Å². The number of ether oxygens (including phenoxy) is 1. The molecule has 182 valence electrons. The normalized spacial score (nSPS) is 12.5. The molecule has 0 unspecified atom stereocenters. The minimum absolute atomic E-state index is 0.00765. The SMILES string of the molecule is O=C(N[C@H](CO)[C@@H](OC(=O)c1ccc(Cl)cc1Cl)c1ccc([N+](=O)[O-])cc1)c1ccc(Cl)cc1Cl. The Labute approximate surface area is 219 Å². The van der Waals surface area contributed by atoms with E-state index in [2.05, 4.69) is 5.32 Å². The first kappa shape index (κ1) is 26.7. The molecule has 1 amide bonds. The number of esters is 1. The molecule has 0 bridgehead atoms. The zero-order valence-electron chi connectivity index (χ0n) is 17.6. The van der Waals surface area contributed by atoms with Crippen LogP contribution in [0.15, 0.2) is 60.7 Å². The molecule has 0 heterocycles. The summed E-state index contributed by atoms with van der Waals surface area (Å²) in [4.78, 5) is 36.2. The Kier molecular flexibility index (Phi) is 8.93. The van der Waals surface area contributed by atoms with Crippen LogP contribution in [0.2, 0.25) is 20.1 Å². The molecule has 2 atom stereocenters. The fourth-order valence-corrected chi connectivity index (χ4v) is 4.12.